The lowest BCUT2D eigenvalue weighted by atomic mass is 9.99. The molecule has 5 nitrogen and oxygen atoms in total. The third-order valence-corrected chi connectivity index (χ3v) is 7.52. The topological polar surface area (TPSA) is 55.8 Å². The highest BCUT2D eigenvalue weighted by molar-refractivity contribution is 7.89. The Morgan fingerprint density at radius 1 is 1.00 bits per heavy atom. The fourth-order valence-electron chi connectivity index (χ4n) is 4.29. The summed E-state index contributed by atoms with van der Waals surface area (Å²) < 4.78 is 39.7. The smallest absolute Gasteiger partial charge is 0.243 e. The molecule has 6 heteroatoms. The van der Waals surface area contributed by atoms with Gasteiger partial charge in [0.15, 0.2) is 0 Å². The molecule has 0 saturated carbocycles. The number of benzene rings is 2. The molecule has 0 N–H and O–H groups in total. The van der Waals surface area contributed by atoms with Gasteiger partial charge in [0.2, 0.25) is 10.0 Å². The molecule has 2 aromatic carbocycles. The number of aryl methyl sites for hydroxylation is 3. The summed E-state index contributed by atoms with van der Waals surface area (Å²) in [6.07, 6.45) is 1.63. The third-order valence-electron chi connectivity index (χ3n) is 5.41. The second kappa shape index (κ2) is 6.53. The van der Waals surface area contributed by atoms with E-state index in [9.17, 15) is 8.42 Å². The minimum Gasteiger partial charge on any atom is -0.493 e. The summed E-state index contributed by atoms with van der Waals surface area (Å²) in [5.41, 5.74) is 5.76. The minimum absolute atomic E-state index is 0.282. The largest absolute Gasteiger partial charge is 0.493 e. The highest BCUT2D eigenvalue weighted by atomic mass is 32.2. The number of sulfonamides is 1. The van der Waals surface area contributed by atoms with Crippen LogP contribution in [-0.4, -0.2) is 33.0 Å². The van der Waals surface area contributed by atoms with Crippen molar-refractivity contribution in [1.29, 1.82) is 0 Å². The lowest BCUT2D eigenvalue weighted by Crippen LogP contribution is -2.28. The number of ether oxygens (including phenoxy) is 2. The van der Waals surface area contributed by atoms with E-state index in [0.29, 0.717) is 18.1 Å². The Kier molecular flexibility index (Phi) is 4.43. The van der Waals surface area contributed by atoms with Gasteiger partial charge in [0.1, 0.15) is 11.5 Å². The molecule has 0 amide bonds. The standard InChI is InChI=1S/C21H25NO4S/c1-13-9-14(2)21(15(3)10-13)27(23,24)22(4)12-18-17-6-8-25-19(17)11-16-5-7-26-20(16)18/h9-11H,5-8,12H2,1-4H3. The molecule has 2 aromatic rings. The van der Waals surface area contributed by atoms with Crippen LogP contribution in [0, 0.1) is 20.8 Å². The van der Waals surface area contributed by atoms with E-state index in [-0.39, 0.29) is 6.54 Å². The molecule has 0 bridgehead atoms. The van der Waals surface area contributed by atoms with Crippen LogP contribution in [-0.2, 0) is 29.4 Å². The van der Waals surface area contributed by atoms with E-state index < -0.39 is 10.0 Å². The van der Waals surface area contributed by atoms with Crippen LogP contribution in [0.1, 0.15) is 33.4 Å². The van der Waals surface area contributed by atoms with Crippen molar-refractivity contribution in [2.24, 2.45) is 0 Å². The molecule has 2 heterocycles. The van der Waals surface area contributed by atoms with Gasteiger partial charge in [-0.2, -0.15) is 4.31 Å². The zero-order valence-corrected chi connectivity index (χ0v) is 17.1. The van der Waals surface area contributed by atoms with E-state index in [0.717, 1.165) is 57.7 Å². The van der Waals surface area contributed by atoms with Gasteiger partial charge in [-0.25, -0.2) is 8.42 Å². The highest BCUT2D eigenvalue weighted by Gasteiger charge is 2.31. The Bertz CT molecular complexity index is 972. The molecule has 2 aliphatic rings. The van der Waals surface area contributed by atoms with Crippen molar-refractivity contribution in [2.75, 3.05) is 20.3 Å². The van der Waals surface area contributed by atoms with Crippen molar-refractivity contribution in [1.82, 2.24) is 4.31 Å². The molecule has 0 aromatic heterocycles. The molecule has 27 heavy (non-hydrogen) atoms. The summed E-state index contributed by atoms with van der Waals surface area (Å²) >= 11 is 0. The molecule has 0 spiro atoms. The first-order chi connectivity index (χ1) is 12.8. The Balaban J connectivity index is 1.75. The molecule has 4 rings (SSSR count). The fourth-order valence-corrected chi connectivity index (χ4v) is 5.83. The zero-order valence-electron chi connectivity index (χ0n) is 16.3. The van der Waals surface area contributed by atoms with Gasteiger partial charge in [-0.3, -0.25) is 0 Å². The fraction of sp³-hybridized carbons (Fsp3) is 0.429. The van der Waals surface area contributed by atoms with Gasteiger partial charge in [0.05, 0.1) is 18.1 Å². The first-order valence-corrected chi connectivity index (χ1v) is 10.7. The van der Waals surface area contributed by atoms with Crippen LogP contribution in [0.25, 0.3) is 0 Å². The number of rotatable bonds is 4. The van der Waals surface area contributed by atoms with E-state index in [1.807, 2.05) is 32.9 Å². The van der Waals surface area contributed by atoms with Gasteiger partial charge in [0.25, 0.3) is 0 Å². The quantitative estimate of drug-likeness (QED) is 0.808. The molecule has 0 fully saturated rings. The lowest BCUT2D eigenvalue weighted by molar-refractivity contribution is 0.348. The maximum atomic E-state index is 13.3. The first-order valence-electron chi connectivity index (χ1n) is 9.26. The summed E-state index contributed by atoms with van der Waals surface area (Å²) in [5.74, 6) is 1.72. The molecular formula is C21H25NO4S. The summed E-state index contributed by atoms with van der Waals surface area (Å²) in [4.78, 5) is 0.400. The Hall–Kier alpha value is -2.05. The molecule has 0 radical (unpaired) electrons. The zero-order chi connectivity index (χ0) is 19.3. The molecule has 2 aliphatic heterocycles. The van der Waals surface area contributed by atoms with Crippen LogP contribution in [0.2, 0.25) is 0 Å². The van der Waals surface area contributed by atoms with Gasteiger partial charge in [-0.1, -0.05) is 17.7 Å². The first kappa shape index (κ1) is 18.3. The minimum atomic E-state index is -3.61. The van der Waals surface area contributed by atoms with E-state index in [4.69, 9.17) is 9.47 Å². The van der Waals surface area contributed by atoms with Crippen molar-refractivity contribution >= 4 is 10.0 Å². The predicted molar refractivity (Wildman–Crippen MR) is 104 cm³/mol. The van der Waals surface area contributed by atoms with E-state index >= 15 is 0 Å². The summed E-state index contributed by atoms with van der Waals surface area (Å²) in [6, 6.07) is 5.89. The SMILES string of the molecule is Cc1cc(C)c(S(=O)(=O)N(C)Cc2c3c(cc4c2OCC4)OCC3)c(C)c1. The number of nitrogens with zero attached hydrogens (tertiary/aromatic N) is 1. The van der Waals surface area contributed by atoms with Crippen LogP contribution in [0.3, 0.4) is 0 Å². The monoisotopic (exact) mass is 387 g/mol. The molecule has 0 saturated heterocycles. The summed E-state index contributed by atoms with van der Waals surface area (Å²) in [6.45, 7) is 7.25. The van der Waals surface area contributed by atoms with E-state index in [1.165, 1.54) is 4.31 Å². The second-order valence-corrected chi connectivity index (χ2v) is 9.49. The third kappa shape index (κ3) is 3.01. The Labute approximate surface area is 161 Å². The van der Waals surface area contributed by atoms with Crippen LogP contribution in [0.4, 0.5) is 0 Å². The second-order valence-electron chi connectivity index (χ2n) is 7.51. The van der Waals surface area contributed by atoms with Crippen LogP contribution >= 0.6 is 0 Å². The molecule has 0 unspecified atom stereocenters. The van der Waals surface area contributed by atoms with Crippen molar-refractivity contribution in [3.63, 3.8) is 0 Å². The average molecular weight is 388 g/mol. The van der Waals surface area contributed by atoms with Crippen LogP contribution in [0.5, 0.6) is 11.5 Å². The normalized spacial score (nSPS) is 15.4. The van der Waals surface area contributed by atoms with Crippen molar-refractivity contribution in [3.8, 4) is 11.5 Å². The number of fused-ring (bicyclic) bond motifs is 2. The number of hydrogen-bond acceptors (Lipinski definition) is 4. The van der Waals surface area contributed by atoms with Crippen molar-refractivity contribution < 1.29 is 17.9 Å². The van der Waals surface area contributed by atoms with Gasteiger partial charge < -0.3 is 9.47 Å². The summed E-state index contributed by atoms with van der Waals surface area (Å²) in [7, 11) is -1.97. The Morgan fingerprint density at radius 3 is 2.37 bits per heavy atom. The van der Waals surface area contributed by atoms with Gasteiger partial charge in [0, 0.05) is 43.1 Å². The van der Waals surface area contributed by atoms with E-state index in [1.54, 1.807) is 7.05 Å². The molecule has 0 aliphatic carbocycles. The van der Waals surface area contributed by atoms with Crippen LogP contribution in [0.15, 0.2) is 23.1 Å². The maximum absolute atomic E-state index is 13.3. The lowest BCUT2D eigenvalue weighted by Gasteiger charge is -2.22. The average Bonchev–Trinajstić information content (AvgIpc) is 3.21. The van der Waals surface area contributed by atoms with E-state index in [2.05, 4.69) is 6.07 Å². The number of hydrogen-bond donors (Lipinski definition) is 0. The van der Waals surface area contributed by atoms with Crippen LogP contribution < -0.4 is 9.47 Å². The summed E-state index contributed by atoms with van der Waals surface area (Å²) in [5, 5.41) is 0. The molecule has 0 atom stereocenters. The van der Waals surface area contributed by atoms with Crippen molar-refractivity contribution in [3.05, 3.63) is 51.6 Å². The van der Waals surface area contributed by atoms with Crippen molar-refractivity contribution in [2.45, 2.75) is 45.1 Å². The molecular weight excluding hydrogens is 362 g/mol. The molecule has 144 valence electrons. The van der Waals surface area contributed by atoms with Gasteiger partial charge in [-0.05, 0) is 38.0 Å². The highest BCUT2D eigenvalue weighted by Crippen LogP contribution is 2.41. The maximum Gasteiger partial charge on any atom is 0.243 e. The van der Waals surface area contributed by atoms with Gasteiger partial charge >= 0.3 is 0 Å². The Morgan fingerprint density at radius 2 is 1.67 bits per heavy atom. The van der Waals surface area contributed by atoms with Gasteiger partial charge in [-0.15, -0.1) is 0 Å². The predicted octanol–water partition coefficient (Wildman–Crippen LogP) is 3.30.